The van der Waals surface area contributed by atoms with Crippen LogP contribution in [0.2, 0.25) is 0 Å². The minimum atomic E-state index is -1.98. The Bertz CT molecular complexity index is 670. The van der Waals surface area contributed by atoms with Crippen LogP contribution in [0.3, 0.4) is 0 Å². The van der Waals surface area contributed by atoms with Gasteiger partial charge in [0, 0.05) is 0 Å². The number of carbonyl (C=O) groups is 2. The van der Waals surface area contributed by atoms with Gasteiger partial charge in [-0.05, 0) is 19.4 Å². The van der Waals surface area contributed by atoms with Gasteiger partial charge in [0.2, 0.25) is 0 Å². The molecule has 0 fully saturated rings. The lowest BCUT2D eigenvalue weighted by Gasteiger charge is -2.13. The molecule has 0 saturated heterocycles. The third-order valence-corrected chi connectivity index (χ3v) is 3.09. The van der Waals surface area contributed by atoms with Gasteiger partial charge in [-0.15, -0.1) is 0 Å². The predicted molar refractivity (Wildman–Crippen MR) is 76.5 cm³/mol. The van der Waals surface area contributed by atoms with Crippen LogP contribution in [0.1, 0.15) is 48.5 Å². The van der Waals surface area contributed by atoms with Crippen molar-refractivity contribution in [3.8, 4) is 6.07 Å². The van der Waals surface area contributed by atoms with Gasteiger partial charge in [0.15, 0.2) is 17.6 Å². The van der Waals surface area contributed by atoms with Crippen molar-refractivity contribution in [2.24, 2.45) is 0 Å². The Balaban J connectivity index is 3.24. The van der Waals surface area contributed by atoms with Crippen LogP contribution >= 0.6 is 0 Å². The number of ether oxygens (including phenoxy) is 2. The van der Waals surface area contributed by atoms with E-state index in [-0.39, 0.29) is 13.2 Å². The van der Waals surface area contributed by atoms with Crippen LogP contribution in [-0.2, 0) is 14.3 Å². The molecule has 0 radical (unpaired) electrons. The summed E-state index contributed by atoms with van der Waals surface area (Å²) in [6, 6.07) is 1.77. The van der Waals surface area contributed by atoms with Crippen molar-refractivity contribution in [2.45, 2.75) is 32.6 Å². The van der Waals surface area contributed by atoms with E-state index in [0.29, 0.717) is 18.9 Å². The van der Waals surface area contributed by atoms with E-state index < -0.39 is 46.4 Å². The Hall–Kier alpha value is -2.56. The lowest BCUT2D eigenvalue weighted by atomic mass is 9.97. The number of hydrogen-bond acceptors (Lipinski definition) is 5. The molecule has 130 valence electrons. The van der Waals surface area contributed by atoms with E-state index in [0.717, 1.165) is 0 Å². The Morgan fingerprint density at radius 2 is 1.88 bits per heavy atom. The first-order valence-corrected chi connectivity index (χ1v) is 7.29. The zero-order chi connectivity index (χ0) is 18.3. The summed E-state index contributed by atoms with van der Waals surface area (Å²) in [5.74, 6) is -9.31. The molecular weight excluding hydrogens is 327 g/mol. The smallest absolute Gasteiger partial charge is 0.341 e. The van der Waals surface area contributed by atoms with Gasteiger partial charge in [-0.25, -0.2) is 18.0 Å². The van der Waals surface area contributed by atoms with Crippen LogP contribution < -0.4 is 0 Å². The minimum absolute atomic E-state index is 0.0244. The fourth-order valence-electron chi connectivity index (χ4n) is 1.87. The van der Waals surface area contributed by atoms with Crippen molar-refractivity contribution < 1.29 is 32.2 Å². The molecule has 0 spiro atoms. The minimum Gasteiger partial charge on any atom is -0.465 e. The molecule has 0 bridgehead atoms. The summed E-state index contributed by atoms with van der Waals surface area (Å²) >= 11 is 0. The predicted octanol–water partition coefficient (Wildman–Crippen LogP) is 3.23. The quantitative estimate of drug-likeness (QED) is 0.432. The zero-order valence-corrected chi connectivity index (χ0v) is 13.2. The van der Waals surface area contributed by atoms with E-state index in [2.05, 4.69) is 4.74 Å². The van der Waals surface area contributed by atoms with Crippen LogP contribution in [-0.4, -0.2) is 25.2 Å². The number of esters is 2. The number of unbranched alkanes of at least 4 members (excludes halogenated alkanes) is 1. The number of rotatable bonds is 7. The molecule has 0 aliphatic carbocycles. The molecule has 24 heavy (non-hydrogen) atoms. The van der Waals surface area contributed by atoms with Crippen molar-refractivity contribution in [1.82, 2.24) is 0 Å². The van der Waals surface area contributed by atoms with Gasteiger partial charge in [0.25, 0.3) is 0 Å². The normalized spacial score (nSPS) is 11.5. The maximum atomic E-state index is 14.1. The van der Waals surface area contributed by atoms with Crippen molar-refractivity contribution in [3.05, 3.63) is 34.6 Å². The lowest BCUT2D eigenvalue weighted by Crippen LogP contribution is -2.20. The molecule has 1 aromatic rings. The molecule has 0 aliphatic rings. The van der Waals surface area contributed by atoms with Gasteiger partial charge in [0.1, 0.15) is 11.4 Å². The highest BCUT2D eigenvalue weighted by Gasteiger charge is 2.33. The molecule has 0 amide bonds. The van der Waals surface area contributed by atoms with E-state index in [1.165, 1.54) is 13.0 Å². The van der Waals surface area contributed by atoms with Crippen molar-refractivity contribution >= 4 is 11.9 Å². The highest BCUT2D eigenvalue weighted by Crippen LogP contribution is 2.28. The van der Waals surface area contributed by atoms with Crippen molar-refractivity contribution in [3.63, 3.8) is 0 Å². The number of nitrogens with zero attached hydrogens (tertiary/aromatic N) is 1. The second kappa shape index (κ2) is 8.91. The van der Waals surface area contributed by atoms with Gasteiger partial charge in [-0.3, -0.25) is 4.79 Å². The van der Waals surface area contributed by atoms with Gasteiger partial charge < -0.3 is 9.47 Å². The molecule has 1 aromatic carbocycles. The molecule has 1 unspecified atom stereocenters. The number of carbonyl (C=O) groups excluding carboxylic acids is 2. The average Bonchev–Trinajstić information content (AvgIpc) is 2.55. The molecular formula is C16H16F3NO4. The fraction of sp³-hybridized carbons (Fsp3) is 0.438. The molecule has 1 atom stereocenters. The summed E-state index contributed by atoms with van der Waals surface area (Å²) in [5.41, 5.74) is -2.04. The molecule has 0 aromatic heterocycles. The molecule has 0 heterocycles. The molecule has 1 rings (SSSR count). The van der Waals surface area contributed by atoms with E-state index in [1.54, 1.807) is 0 Å². The van der Waals surface area contributed by atoms with Crippen LogP contribution in [0.5, 0.6) is 0 Å². The Morgan fingerprint density at radius 3 is 2.42 bits per heavy atom. The van der Waals surface area contributed by atoms with Crippen LogP contribution in [0, 0.1) is 28.8 Å². The first-order valence-electron chi connectivity index (χ1n) is 7.29. The highest BCUT2D eigenvalue weighted by molar-refractivity contribution is 5.90. The topological polar surface area (TPSA) is 76.4 Å². The fourth-order valence-corrected chi connectivity index (χ4v) is 1.87. The maximum Gasteiger partial charge on any atom is 0.341 e. The summed E-state index contributed by atoms with van der Waals surface area (Å²) < 4.78 is 51.5. The second-order valence-corrected chi connectivity index (χ2v) is 4.75. The van der Waals surface area contributed by atoms with E-state index in [9.17, 15) is 22.8 Å². The third kappa shape index (κ3) is 4.25. The van der Waals surface area contributed by atoms with Gasteiger partial charge in [0.05, 0.1) is 24.8 Å². The Morgan fingerprint density at radius 1 is 1.21 bits per heavy atom. The zero-order valence-electron chi connectivity index (χ0n) is 13.2. The van der Waals surface area contributed by atoms with Gasteiger partial charge in [-0.2, -0.15) is 5.26 Å². The Labute approximate surface area is 137 Å². The summed E-state index contributed by atoms with van der Waals surface area (Å²) in [6.45, 7) is 3.13. The standard InChI is InChI=1S/C16H16F3NO4/c1-3-5-6-24-15(21)9-7-11(17)12(14(19)13(9)18)10(8-20)16(22)23-4-2/h7,10H,3-6H2,1-2H3. The summed E-state index contributed by atoms with van der Waals surface area (Å²) in [5, 5.41) is 8.94. The molecule has 0 saturated carbocycles. The summed E-state index contributed by atoms with van der Waals surface area (Å²) in [4.78, 5) is 23.3. The number of hydrogen-bond donors (Lipinski definition) is 0. The van der Waals surface area contributed by atoms with Gasteiger partial charge >= 0.3 is 11.9 Å². The van der Waals surface area contributed by atoms with Gasteiger partial charge in [-0.1, -0.05) is 13.3 Å². The Kier molecular flexibility index (Phi) is 7.24. The average molecular weight is 343 g/mol. The molecule has 8 heteroatoms. The number of benzene rings is 1. The maximum absolute atomic E-state index is 14.1. The van der Waals surface area contributed by atoms with E-state index in [1.807, 2.05) is 6.92 Å². The molecule has 0 N–H and O–H groups in total. The number of nitriles is 1. The van der Waals surface area contributed by atoms with E-state index >= 15 is 0 Å². The van der Waals surface area contributed by atoms with Crippen molar-refractivity contribution in [1.29, 1.82) is 5.26 Å². The van der Waals surface area contributed by atoms with Crippen LogP contribution in [0.15, 0.2) is 6.07 Å². The van der Waals surface area contributed by atoms with Crippen LogP contribution in [0.4, 0.5) is 13.2 Å². The second-order valence-electron chi connectivity index (χ2n) is 4.75. The molecule has 0 aliphatic heterocycles. The first kappa shape index (κ1) is 19.5. The number of halogens is 3. The third-order valence-electron chi connectivity index (χ3n) is 3.09. The summed E-state index contributed by atoms with van der Waals surface area (Å²) in [7, 11) is 0. The van der Waals surface area contributed by atoms with Crippen molar-refractivity contribution in [2.75, 3.05) is 13.2 Å². The SMILES string of the molecule is CCCCOC(=O)c1cc(F)c(C(C#N)C(=O)OCC)c(F)c1F. The lowest BCUT2D eigenvalue weighted by molar-refractivity contribution is -0.143. The molecule has 5 nitrogen and oxygen atoms in total. The summed E-state index contributed by atoms with van der Waals surface area (Å²) in [6.07, 6.45) is 1.22. The van der Waals surface area contributed by atoms with E-state index in [4.69, 9.17) is 10.00 Å². The monoisotopic (exact) mass is 343 g/mol. The van der Waals surface area contributed by atoms with Crippen LogP contribution in [0.25, 0.3) is 0 Å². The largest absolute Gasteiger partial charge is 0.465 e. The first-order chi connectivity index (χ1) is 11.4. The highest BCUT2D eigenvalue weighted by atomic mass is 19.2.